The Kier molecular flexibility index (Phi) is 4.21. The highest BCUT2D eigenvalue weighted by molar-refractivity contribution is 5.13. The van der Waals surface area contributed by atoms with Crippen LogP contribution < -0.4 is 0 Å². The van der Waals surface area contributed by atoms with E-state index in [2.05, 4.69) is 13.0 Å². The van der Waals surface area contributed by atoms with Crippen LogP contribution in [-0.4, -0.2) is 19.5 Å². The second-order valence-corrected chi connectivity index (χ2v) is 4.57. The van der Waals surface area contributed by atoms with Crippen LogP contribution >= 0.6 is 0 Å². The molecule has 0 saturated carbocycles. The van der Waals surface area contributed by atoms with Crippen molar-refractivity contribution < 1.29 is 9.47 Å². The Hall–Kier alpha value is -0.340. The topological polar surface area (TPSA) is 18.5 Å². The monoisotopic (exact) mass is 210 g/mol. The van der Waals surface area contributed by atoms with Gasteiger partial charge in [-0.1, -0.05) is 25.8 Å². The summed E-state index contributed by atoms with van der Waals surface area (Å²) in [5.41, 5.74) is 1.50. The molecule has 2 nitrogen and oxygen atoms in total. The molecule has 0 bridgehead atoms. The van der Waals surface area contributed by atoms with Gasteiger partial charge < -0.3 is 9.47 Å². The molecule has 0 aliphatic carbocycles. The standard InChI is InChI=1S/C13H22O2/c1-2-3-4-5-7-11-10-15-13-12(11)8-6-9-14-13/h7,12-13H,2-6,8-10H2,1H3/b11-7+. The van der Waals surface area contributed by atoms with Gasteiger partial charge in [0.2, 0.25) is 0 Å². The summed E-state index contributed by atoms with van der Waals surface area (Å²) in [4.78, 5) is 0. The van der Waals surface area contributed by atoms with Gasteiger partial charge in [-0.15, -0.1) is 0 Å². The molecule has 0 aromatic carbocycles. The van der Waals surface area contributed by atoms with Crippen LogP contribution in [-0.2, 0) is 9.47 Å². The summed E-state index contributed by atoms with van der Waals surface area (Å²) in [5, 5.41) is 0. The van der Waals surface area contributed by atoms with Gasteiger partial charge in [0.05, 0.1) is 6.61 Å². The van der Waals surface area contributed by atoms with Crippen LogP contribution in [0.3, 0.4) is 0 Å². The second kappa shape index (κ2) is 5.66. The molecule has 2 saturated heterocycles. The zero-order valence-electron chi connectivity index (χ0n) is 9.71. The molecule has 0 N–H and O–H groups in total. The Morgan fingerprint density at radius 1 is 1.33 bits per heavy atom. The molecular weight excluding hydrogens is 188 g/mol. The van der Waals surface area contributed by atoms with Crippen molar-refractivity contribution in [2.45, 2.75) is 51.7 Å². The van der Waals surface area contributed by atoms with Gasteiger partial charge >= 0.3 is 0 Å². The van der Waals surface area contributed by atoms with Crippen LogP contribution in [0.15, 0.2) is 11.6 Å². The summed E-state index contributed by atoms with van der Waals surface area (Å²) in [6.07, 6.45) is 10.1. The van der Waals surface area contributed by atoms with Crippen molar-refractivity contribution in [3.8, 4) is 0 Å². The lowest BCUT2D eigenvalue weighted by Gasteiger charge is -2.24. The fourth-order valence-corrected chi connectivity index (χ4v) is 2.46. The number of rotatable bonds is 4. The van der Waals surface area contributed by atoms with Gasteiger partial charge in [0, 0.05) is 12.5 Å². The molecule has 2 aliphatic rings. The molecule has 0 amide bonds. The lowest BCUT2D eigenvalue weighted by atomic mass is 9.93. The largest absolute Gasteiger partial charge is 0.352 e. The molecule has 0 spiro atoms. The summed E-state index contributed by atoms with van der Waals surface area (Å²) >= 11 is 0. The van der Waals surface area contributed by atoms with Crippen LogP contribution in [0.4, 0.5) is 0 Å². The number of hydrogen-bond acceptors (Lipinski definition) is 2. The molecule has 86 valence electrons. The average Bonchev–Trinajstić information content (AvgIpc) is 2.68. The fourth-order valence-electron chi connectivity index (χ4n) is 2.46. The smallest absolute Gasteiger partial charge is 0.164 e. The summed E-state index contributed by atoms with van der Waals surface area (Å²) in [6, 6.07) is 0. The van der Waals surface area contributed by atoms with Gasteiger partial charge in [0.15, 0.2) is 6.29 Å². The van der Waals surface area contributed by atoms with E-state index >= 15 is 0 Å². The first kappa shape index (κ1) is 11.2. The number of hydrogen-bond donors (Lipinski definition) is 0. The molecular formula is C13H22O2. The van der Waals surface area contributed by atoms with E-state index in [9.17, 15) is 0 Å². The molecule has 2 rings (SSSR count). The highest BCUT2D eigenvalue weighted by Gasteiger charge is 2.35. The van der Waals surface area contributed by atoms with Crippen molar-refractivity contribution in [2.24, 2.45) is 5.92 Å². The molecule has 2 unspecified atom stereocenters. The first-order valence-corrected chi connectivity index (χ1v) is 6.34. The van der Waals surface area contributed by atoms with E-state index in [1.54, 1.807) is 0 Å². The van der Waals surface area contributed by atoms with E-state index in [4.69, 9.17) is 9.47 Å². The summed E-state index contributed by atoms with van der Waals surface area (Å²) in [5.74, 6) is 0.570. The minimum absolute atomic E-state index is 0.0798. The number of ether oxygens (including phenoxy) is 2. The van der Waals surface area contributed by atoms with E-state index in [1.165, 1.54) is 44.1 Å². The molecule has 15 heavy (non-hydrogen) atoms. The third-order valence-corrected chi connectivity index (χ3v) is 3.37. The Morgan fingerprint density at radius 3 is 3.13 bits per heavy atom. The molecule has 0 radical (unpaired) electrons. The lowest BCUT2D eigenvalue weighted by molar-refractivity contribution is -0.150. The van der Waals surface area contributed by atoms with Gasteiger partial charge in [0.25, 0.3) is 0 Å². The van der Waals surface area contributed by atoms with Crippen molar-refractivity contribution >= 4 is 0 Å². The van der Waals surface area contributed by atoms with Crippen LogP contribution in [0, 0.1) is 5.92 Å². The van der Waals surface area contributed by atoms with E-state index in [-0.39, 0.29) is 6.29 Å². The molecule has 2 atom stereocenters. The van der Waals surface area contributed by atoms with Crippen molar-refractivity contribution in [3.05, 3.63) is 11.6 Å². The van der Waals surface area contributed by atoms with Gasteiger partial charge in [-0.25, -0.2) is 0 Å². The Balaban J connectivity index is 1.81. The number of fused-ring (bicyclic) bond motifs is 1. The van der Waals surface area contributed by atoms with E-state index in [0.29, 0.717) is 5.92 Å². The molecule has 2 fully saturated rings. The van der Waals surface area contributed by atoms with Crippen LogP contribution in [0.5, 0.6) is 0 Å². The van der Waals surface area contributed by atoms with Crippen LogP contribution in [0.25, 0.3) is 0 Å². The minimum atomic E-state index is 0.0798. The van der Waals surface area contributed by atoms with Crippen LogP contribution in [0.1, 0.15) is 45.4 Å². The maximum Gasteiger partial charge on any atom is 0.164 e. The predicted molar refractivity (Wildman–Crippen MR) is 60.6 cm³/mol. The van der Waals surface area contributed by atoms with Crippen molar-refractivity contribution in [1.29, 1.82) is 0 Å². The van der Waals surface area contributed by atoms with E-state index in [0.717, 1.165) is 13.2 Å². The van der Waals surface area contributed by atoms with Crippen molar-refractivity contribution in [2.75, 3.05) is 13.2 Å². The third kappa shape index (κ3) is 2.82. The predicted octanol–water partition coefficient (Wildman–Crippen LogP) is 3.28. The zero-order valence-corrected chi connectivity index (χ0v) is 9.71. The molecule has 0 aromatic rings. The fraction of sp³-hybridized carbons (Fsp3) is 0.846. The molecule has 2 heteroatoms. The molecule has 0 aromatic heterocycles. The quantitative estimate of drug-likeness (QED) is 0.523. The SMILES string of the molecule is CCCCC/C=C1\COC2OCCCC12. The van der Waals surface area contributed by atoms with Gasteiger partial charge in [-0.05, 0) is 31.3 Å². The van der Waals surface area contributed by atoms with Gasteiger partial charge in [0.1, 0.15) is 0 Å². The molecule has 2 aliphatic heterocycles. The Labute approximate surface area is 92.6 Å². The molecule has 2 heterocycles. The zero-order chi connectivity index (χ0) is 10.5. The van der Waals surface area contributed by atoms with Gasteiger partial charge in [-0.2, -0.15) is 0 Å². The normalized spacial score (nSPS) is 33.3. The summed E-state index contributed by atoms with van der Waals surface area (Å²) < 4.78 is 11.2. The first-order chi connectivity index (χ1) is 7.42. The maximum atomic E-state index is 5.64. The van der Waals surface area contributed by atoms with Gasteiger partial charge in [-0.3, -0.25) is 0 Å². The average molecular weight is 210 g/mol. The highest BCUT2D eigenvalue weighted by Crippen LogP contribution is 2.34. The van der Waals surface area contributed by atoms with E-state index < -0.39 is 0 Å². The summed E-state index contributed by atoms with van der Waals surface area (Å²) in [7, 11) is 0. The number of unbranched alkanes of at least 4 members (excludes halogenated alkanes) is 3. The lowest BCUT2D eigenvalue weighted by Crippen LogP contribution is -2.26. The summed E-state index contributed by atoms with van der Waals surface area (Å²) in [6.45, 7) is 3.93. The Morgan fingerprint density at radius 2 is 2.27 bits per heavy atom. The number of allylic oxidation sites excluding steroid dienone is 1. The maximum absolute atomic E-state index is 5.64. The second-order valence-electron chi connectivity index (χ2n) is 4.57. The first-order valence-electron chi connectivity index (χ1n) is 6.34. The minimum Gasteiger partial charge on any atom is -0.352 e. The highest BCUT2D eigenvalue weighted by atomic mass is 16.7. The third-order valence-electron chi connectivity index (χ3n) is 3.37. The van der Waals surface area contributed by atoms with Crippen molar-refractivity contribution in [1.82, 2.24) is 0 Å². The van der Waals surface area contributed by atoms with Crippen molar-refractivity contribution in [3.63, 3.8) is 0 Å². The van der Waals surface area contributed by atoms with E-state index in [1.807, 2.05) is 0 Å². The Bertz CT molecular complexity index is 223. The van der Waals surface area contributed by atoms with Crippen LogP contribution in [0.2, 0.25) is 0 Å².